The highest BCUT2D eigenvalue weighted by atomic mass is 19.4. The molecule has 0 aliphatic rings. The predicted molar refractivity (Wildman–Crippen MR) is 103 cm³/mol. The van der Waals surface area contributed by atoms with Crippen molar-refractivity contribution in [2.24, 2.45) is 0 Å². The van der Waals surface area contributed by atoms with E-state index < -0.39 is 29.2 Å². The van der Waals surface area contributed by atoms with E-state index in [0.29, 0.717) is 29.4 Å². The SMILES string of the molecule is CCCC(NC(=O)Cn1c(=O)cnc2ccccc21)c1cccc(C(F)(F)F)c1. The maximum atomic E-state index is 13.0. The highest BCUT2D eigenvalue weighted by Crippen LogP contribution is 2.31. The number of hydrogen-bond acceptors (Lipinski definition) is 3. The van der Waals surface area contributed by atoms with Gasteiger partial charge >= 0.3 is 6.18 Å². The number of benzene rings is 2. The molecule has 0 aliphatic carbocycles. The average Bonchev–Trinajstić information content (AvgIpc) is 2.69. The van der Waals surface area contributed by atoms with Gasteiger partial charge in [0.15, 0.2) is 0 Å². The lowest BCUT2D eigenvalue weighted by Crippen LogP contribution is -2.35. The van der Waals surface area contributed by atoms with Gasteiger partial charge in [0.05, 0.1) is 28.8 Å². The highest BCUT2D eigenvalue weighted by molar-refractivity contribution is 5.80. The van der Waals surface area contributed by atoms with Gasteiger partial charge in [0.1, 0.15) is 6.54 Å². The molecule has 152 valence electrons. The van der Waals surface area contributed by atoms with Crippen LogP contribution in [0.25, 0.3) is 11.0 Å². The highest BCUT2D eigenvalue weighted by Gasteiger charge is 2.31. The molecule has 1 atom stereocenters. The summed E-state index contributed by atoms with van der Waals surface area (Å²) in [6.07, 6.45) is -2.18. The predicted octanol–water partition coefficient (Wildman–Crippen LogP) is 4.07. The number of amides is 1. The Morgan fingerprint density at radius 1 is 1.17 bits per heavy atom. The van der Waals surface area contributed by atoms with Gasteiger partial charge in [0.25, 0.3) is 5.56 Å². The van der Waals surface area contributed by atoms with E-state index in [1.54, 1.807) is 30.3 Å². The summed E-state index contributed by atoms with van der Waals surface area (Å²) in [6, 6.07) is 11.3. The average molecular weight is 403 g/mol. The van der Waals surface area contributed by atoms with Crippen molar-refractivity contribution >= 4 is 16.9 Å². The molecule has 2 aromatic carbocycles. The second-order valence-electron chi connectivity index (χ2n) is 6.70. The molecule has 0 saturated carbocycles. The largest absolute Gasteiger partial charge is 0.416 e. The number of para-hydroxylation sites is 2. The third-order valence-corrected chi connectivity index (χ3v) is 4.58. The second-order valence-corrected chi connectivity index (χ2v) is 6.70. The zero-order valence-corrected chi connectivity index (χ0v) is 15.7. The number of aromatic nitrogens is 2. The lowest BCUT2D eigenvalue weighted by atomic mass is 10.00. The van der Waals surface area contributed by atoms with Crippen molar-refractivity contribution in [2.45, 2.75) is 38.5 Å². The molecule has 0 aliphatic heterocycles. The van der Waals surface area contributed by atoms with E-state index in [0.717, 1.165) is 18.3 Å². The summed E-state index contributed by atoms with van der Waals surface area (Å²) in [5.74, 6) is -0.459. The third kappa shape index (κ3) is 4.82. The first-order valence-corrected chi connectivity index (χ1v) is 9.20. The third-order valence-electron chi connectivity index (χ3n) is 4.58. The zero-order chi connectivity index (χ0) is 21.0. The number of alkyl halides is 3. The van der Waals surface area contributed by atoms with Crippen molar-refractivity contribution in [2.75, 3.05) is 0 Å². The standard InChI is InChI=1S/C21H20F3N3O2/c1-2-6-16(14-7-5-8-15(11-14)21(22,23)24)26-19(28)13-27-18-10-4-3-9-17(18)25-12-20(27)29/h3-5,7-12,16H,2,6,13H2,1H3,(H,26,28). The van der Waals surface area contributed by atoms with Crippen molar-refractivity contribution < 1.29 is 18.0 Å². The van der Waals surface area contributed by atoms with Gasteiger partial charge in [-0.05, 0) is 36.2 Å². The number of nitrogens with zero attached hydrogens (tertiary/aromatic N) is 2. The quantitative estimate of drug-likeness (QED) is 0.675. The first kappa shape index (κ1) is 20.6. The molecule has 5 nitrogen and oxygen atoms in total. The van der Waals surface area contributed by atoms with Crippen LogP contribution in [0, 0.1) is 0 Å². The first-order valence-electron chi connectivity index (χ1n) is 9.20. The van der Waals surface area contributed by atoms with Crippen LogP contribution in [-0.4, -0.2) is 15.5 Å². The van der Waals surface area contributed by atoms with Crippen molar-refractivity contribution in [1.29, 1.82) is 0 Å². The molecule has 0 saturated heterocycles. The molecule has 0 fully saturated rings. The van der Waals surface area contributed by atoms with Gasteiger partial charge < -0.3 is 5.32 Å². The Balaban J connectivity index is 1.85. The van der Waals surface area contributed by atoms with Crippen LogP contribution in [0.3, 0.4) is 0 Å². The molecular formula is C21H20F3N3O2. The number of rotatable bonds is 6. The first-order chi connectivity index (χ1) is 13.8. The van der Waals surface area contributed by atoms with Gasteiger partial charge in [0, 0.05) is 0 Å². The summed E-state index contributed by atoms with van der Waals surface area (Å²) in [6.45, 7) is 1.63. The van der Waals surface area contributed by atoms with Crippen LogP contribution in [0.1, 0.15) is 36.9 Å². The molecule has 3 rings (SSSR count). The van der Waals surface area contributed by atoms with Crippen LogP contribution in [0.2, 0.25) is 0 Å². The smallest absolute Gasteiger partial charge is 0.348 e. The fourth-order valence-electron chi connectivity index (χ4n) is 3.20. The lowest BCUT2D eigenvalue weighted by Gasteiger charge is -2.20. The van der Waals surface area contributed by atoms with Crippen LogP contribution in [-0.2, 0) is 17.5 Å². The minimum atomic E-state index is -4.46. The molecule has 0 spiro atoms. The van der Waals surface area contributed by atoms with E-state index in [1.165, 1.54) is 10.6 Å². The van der Waals surface area contributed by atoms with Crippen LogP contribution in [0.4, 0.5) is 13.2 Å². The molecule has 1 heterocycles. The fraction of sp³-hybridized carbons (Fsp3) is 0.286. The van der Waals surface area contributed by atoms with Crippen molar-refractivity contribution in [3.63, 3.8) is 0 Å². The molecule has 1 N–H and O–H groups in total. The van der Waals surface area contributed by atoms with Gasteiger partial charge in [-0.2, -0.15) is 13.2 Å². The summed E-state index contributed by atoms with van der Waals surface area (Å²) in [4.78, 5) is 28.9. The minimum absolute atomic E-state index is 0.249. The zero-order valence-electron chi connectivity index (χ0n) is 15.7. The van der Waals surface area contributed by atoms with Gasteiger partial charge in [-0.15, -0.1) is 0 Å². The molecule has 1 unspecified atom stereocenters. The number of nitrogens with one attached hydrogen (secondary N) is 1. The van der Waals surface area contributed by atoms with Crippen LogP contribution >= 0.6 is 0 Å². The van der Waals surface area contributed by atoms with Crippen molar-refractivity contribution in [1.82, 2.24) is 14.9 Å². The number of halogens is 3. The van der Waals surface area contributed by atoms with Gasteiger partial charge in [-0.3, -0.25) is 14.2 Å². The maximum absolute atomic E-state index is 13.0. The Bertz CT molecular complexity index is 1080. The summed E-state index contributed by atoms with van der Waals surface area (Å²) in [5, 5.41) is 2.77. The van der Waals surface area contributed by atoms with Crippen molar-refractivity contribution in [3.8, 4) is 0 Å². The lowest BCUT2D eigenvalue weighted by molar-refractivity contribution is -0.137. The maximum Gasteiger partial charge on any atom is 0.416 e. The Hall–Kier alpha value is -3.16. The fourth-order valence-corrected chi connectivity index (χ4v) is 3.20. The number of hydrogen-bond donors (Lipinski definition) is 1. The van der Waals surface area contributed by atoms with Gasteiger partial charge in [0.2, 0.25) is 5.91 Å². The normalized spacial score (nSPS) is 12.7. The number of carbonyl (C=O) groups excluding carboxylic acids is 1. The number of fused-ring (bicyclic) bond motifs is 1. The molecule has 0 radical (unpaired) electrons. The van der Waals surface area contributed by atoms with E-state index >= 15 is 0 Å². The molecule has 29 heavy (non-hydrogen) atoms. The molecule has 0 bridgehead atoms. The summed E-state index contributed by atoms with van der Waals surface area (Å²) >= 11 is 0. The molecule has 3 aromatic rings. The van der Waals surface area contributed by atoms with E-state index in [-0.39, 0.29) is 6.54 Å². The monoisotopic (exact) mass is 403 g/mol. The van der Waals surface area contributed by atoms with E-state index in [9.17, 15) is 22.8 Å². The molecule has 8 heteroatoms. The van der Waals surface area contributed by atoms with E-state index in [1.807, 2.05) is 6.92 Å². The summed E-state index contributed by atoms with van der Waals surface area (Å²) in [7, 11) is 0. The van der Waals surface area contributed by atoms with Gasteiger partial charge in [-0.25, -0.2) is 4.98 Å². The topological polar surface area (TPSA) is 64.0 Å². The van der Waals surface area contributed by atoms with E-state index in [4.69, 9.17) is 0 Å². The summed E-state index contributed by atoms with van der Waals surface area (Å²) < 4.78 is 40.4. The summed E-state index contributed by atoms with van der Waals surface area (Å²) in [5.41, 5.74) is 0.276. The van der Waals surface area contributed by atoms with Crippen LogP contribution in [0.5, 0.6) is 0 Å². The second kappa shape index (κ2) is 8.46. The molecule has 1 amide bonds. The Morgan fingerprint density at radius 2 is 1.93 bits per heavy atom. The Morgan fingerprint density at radius 3 is 2.66 bits per heavy atom. The van der Waals surface area contributed by atoms with E-state index in [2.05, 4.69) is 10.3 Å². The Kier molecular flexibility index (Phi) is 6.00. The van der Waals surface area contributed by atoms with Gasteiger partial charge in [-0.1, -0.05) is 37.6 Å². The number of carbonyl (C=O) groups is 1. The van der Waals surface area contributed by atoms with Crippen molar-refractivity contribution in [3.05, 3.63) is 76.2 Å². The Labute approximate surface area is 165 Å². The van der Waals surface area contributed by atoms with Crippen LogP contribution in [0.15, 0.2) is 59.5 Å². The van der Waals surface area contributed by atoms with Crippen LogP contribution < -0.4 is 10.9 Å². The molecule has 1 aromatic heterocycles. The molecular weight excluding hydrogens is 383 g/mol. The minimum Gasteiger partial charge on any atom is -0.348 e.